The van der Waals surface area contributed by atoms with Crippen molar-refractivity contribution < 1.29 is 4.79 Å². The maximum atomic E-state index is 11.9. The maximum Gasteiger partial charge on any atom is 0.240 e. The predicted octanol–water partition coefficient (Wildman–Crippen LogP) is 2.11. The van der Waals surface area contributed by atoms with Gasteiger partial charge in [-0.3, -0.25) is 4.79 Å². The highest BCUT2D eigenvalue weighted by Gasteiger charge is 2.30. The molecule has 0 bridgehead atoms. The zero-order valence-corrected chi connectivity index (χ0v) is 10.8. The number of likely N-dealkylation sites (tertiary alicyclic amines) is 1. The smallest absolute Gasteiger partial charge is 0.240 e. The van der Waals surface area contributed by atoms with Crippen molar-refractivity contribution in [3.8, 4) is 0 Å². The van der Waals surface area contributed by atoms with Crippen molar-refractivity contribution in [2.45, 2.75) is 25.9 Å². The van der Waals surface area contributed by atoms with Crippen molar-refractivity contribution in [2.75, 3.05) is 13.1 Å². The molecule has 1 N–H and O–H groups in total. The molecule has 88 valence electrons. The Morgan fingerprint density at radius 3 is 3.06 bits per heavy atom. The van der Waals surface area contributed by atoms with Gasteiger partial charge in [0.1, 0.15) is 0 Å². The van der Waals surface area contributed by atoms with Gasteiger partial charge >= 0.3 is 0 Å². The molecule has 16 heavy (non-hydrogen) atoms. The molecular weight excluding hydrogens is 244 g/mol. The molecule has 2 heterocycles. The van der Waals surface area contributed by atoms with Crippen LogP contribution >= 0.6 is 22.9 Å². The maximum absolute atomic E-state index is 11.9. The second kappa shape index (κ2) is 5.17. The topological polar surface area (TPSA) is 32.3 Å². The summed E-state index contributed by atoms with van der Waals surface area (Å²) in [4.78, 5) is 15.0. The number of amides is 1. The highest BCUT2D eigenvalue weighted by molar-refractivity contribution is 7.16. The van der Waals surface area contributed by atoms with E-state index in [4.69, 9.17) is 11.6 Å². The third kappa shape index (κ3) is 2.56. The minimum atomic E-state index is 0.0143. The van der Waals surface area contributed by atoms with E-state index in [2.05, 4.69) is 5.32 Å². The third-order valence-electron chi connectivity index (χ3n) is 2.72. The fourth-order valence-corrected chi connectivity index (χ4v) is 3.06. The number of thiophene rings is 1. The molecule has 1 aromatic heterocycles. The summed E-state index contributed by atoms with van der Waals surface area (Å²) in [6.07, 6.45) is 0.909. The monoisotopic (exact) mass is 258 g/mol. The van der Waals surface area contributed by atoms with Crippen molar-refractivity contribution in [1.29, 1.82) is 0 Å². The van der Waals surface area contributed by atoms with Gasteiger partial charge in [-0.05, 0) is 25.1 Å². The van der Waals surface area contributed by atoms with E-state index >= 15 is 0 Å². The molecule has 0 saturated carbocycles. The van der Waals surface area contributed by atoms with Gasteiger partial charge in [0.15, 0.2) is 0 Å². The number of hydrogen-bond donors (Lipinski definition) is 1. The molecule has 1 aliphatic heterocycles. The van der Waals surface area contributed by atoms with E-state index in [-0.39, 0.29) is 11.9 Å². The molecule has 3 nitrogen and oxygen atoms in total. The fraction of sp³-hybridized carbons (Fsp3) is 0.545. The molecule has 1 aliphatic rings. The second-order valence-corrected chi connectivity index (χ2v) is 5.66. The Balaban J connectivity index is 1.94. The second-order valence-electron chi connectivity index (χ2n) is 3.86. The van der Waals surface area contributed by atoms with Crippen molar-refractivity contribution in [1.82, 2.24) is 10.2 Å². The van der Waals surface area contributed by atoms with Crippen LogP contribution in [0.25, 0.3) is 0 Å². The van der Waals surface area contributed by atoms with Crippen LogP contribution in [0.15, 0.2) is 12.1 Å². The Labute approximate surface area is 104 Å². The van der Waals surface area contributed by atoms with Crippen LogP contribution in [0.4, 0.5) is 0 Å². The van der Waals surface area contributed by atoms with E-state index < -0.39 is 0 Å². The number of nitrogens with one attached hydrogen (secondary N) is 1. The van der Waals surface area contributed by atoms with Gasteiger partial charge in [0, 0.05) is 11.4 Å². The number of likely N-dealkylation sites (N-methyl/N-ethyl adjacent to an activating group) is 1. The number of carbonyl (C=O) groups excluding carboxylic acids is 1. The summed E-state index contributed by atoms with van der Waals surface area (Å²) >= 11 is 7.41. The molecule has 1 aromatic rings. The van der Waals surface area contributed by atoms with Crippen molar-refractivity contribution in [3.63, 3.8) is 0 Å². The van der Waals surface area contributed by atoms with Crippen LogP contribution in [0, 0.1) is 0 Å². The first-order chi connectivity index (χ1) is 7.70. The Kier molecular flexibility index (Phi) is 3.84. The Bertz CT molecular complexity index is 380. The van der Waals surface area contributed by atoms with Crippen LogP contribution in [0.2, 0.25) is 4.34 Å². The fourth-order valence-electron chi connectivity index (χ4n) is 1.96. The predicted molar refractivity (Wildman–Crippen MR) is 66.8 cm³/mol. The van der Waals surface area contributed by atoms with Gasteiger partial charge in [0.2, 0.25) is 5.91 Å². The van der Waals surface area contributed by atoms with E-state index in [1.807, 2.05) is 24.0 Å². The summed E-state index contributed by atoms with van der Waals surface area (Å²) in [6.45, 7) is 4.40. The Morgan fingerprint density at radius 2 is 2.44 bits per heavy atom. The van der Waals surface area contributed by atoms with Gasteiger partial charge in [0.25, 0.3) is 0 Å². The van der Waals surface area contributed by atoms with Crippen LogP contribution in [-0.4, -0.2) is 29.9 Å². The van der Waals surface area contributed by atoms with Crippen LogP contribution in [0.5, 0.6) is 0 Å². The van der Waals surface area contributed by atoms with Gasteiger partial charge in [-0.2, -0.15) is 0 Å². The first-order valence-corrected chi connectivity index (χ1v) is 6.66. The summed E-state index contributed by atoms with van der Waals surface area (Å²) in [5.41, 5.74) is 0. The number of halogens is 1. The summed E-state index contributed by atoms with van der Waals surface area (Å²) in [6, 6.07) is 3.88. The summed E-state index contributed by atoms with van der Waals surface area (Å²) in [7, 11) is 0. The van der Waals surface area contributed by atoms with E-state index in [1.165, 1.54) is 0 Å². The Morgan fingerprint density at radius 1 is 1.62 bits per heavy atom. The number of hydrogen-bond acceptors (Lipinski definition) is 3. The molecular formula is C11H15ClN2OS. The molecule has 1 atom stereocenters. The quantitative estimate of drug-likeness (QED) is 0.897. The number of rotatable bonds is 4. The van der Waals surface area contributed by atoms with Crippen LogP contribution in [0.3, 0.4) is 0 Å². The van der Waals surface area contributed by atoms with Gasteiger partial charge in [0.05, 0.1) is 16.9 Å². The highest BCUT2D eigenvalue weighted by Crippen LogP contribution is 2.24. The zero-order valence-electron chi connectivity index (χ0n) is 9.20. The van der Waals surface area contributed by atoms with Crippen LogP contribution in [-0.2, 0) is 11.3 Å². The highest BCUT2D eigenvalue weighted by atomic mass is 35.5. The lowest BCUT2D eigenvalue weighted by atomic mass is 10.2. The summed E-state index contributed by atoms with van der Waals surface area (Å²) in [5, 5.41) is 3.20. The SMILES string of the molecule is CCNC1CCN(Cc2ccc(Cl)s2)C1=O. The van der Waals surface area contributed by atoms with Crippen molar-refractivity contribution >= 4 is 28.8 Å². The minimum Gasteiger partial charge on any atom is -0.336 e. The van der Waals surface area contributed by atoms with Crippen molar-refractivity contribution in [2.24, 2.45) is 0 Å². The number of carbonyl (C=O) groups is 1. The molecule has 0 aliphatic carbocycles. The lowest BCUT2D eigenvalue weighted by molar-refractivity contribution is -0.129. The molecule has 0 radical (unpaired) electrons. The lowest BCUT2D eigenvalue weighted by Crippen LogP contribution is -2.37. The largest absolute Gasteiger partial charge is 0.336 e. The van der Waals surface area contributed by atoms with Gasteiger partial charge in [-0.25, -0.2) is 0 Å². The summed E-state index contributed by atoms with van der Waals surface area (Å²) in [5.74, 6) is 0.214. The van der Waals surface area contributed by atoms with Crippen molar-refractivity contribution in [3.05, 3.63) is 21.3 Å². The van der Waals surface area contributed by atoms with Gasteiger partial charge in [-0.1, -0.05) is 18.5 Å². The first kappa shape index (κ1) is 11.9. The standard InChI is InChI=1S/C11H15ClN2OS/c1-2-13-9-5-6-14(11(9)15)7-8-3-4-10(12)16-8/h3-4,9,13H,2,5-7H2,1H3. The lowest BCUT2D eigenvalue weighted by Gasteiger charge is -2.15. The van der Waals surface area contributed by atoms with E-state index in [0.29, 0.717) is 6.54 Å². The van der Waals surface area contributed by atoms with E-state index in [9.17, 15) is 4.79 Å². The van der Waals surface area contributed by atoms with E-state index in [0.717, 1.165) is 28.7 Å². The molecule has 0 aromatic carbocycles. The minimum absolute atomic E-state index is 0.0143. The van der Waals surface area contributed by atoms with Gasteiger partial charge in [-0.15, -0.1) is 11.3 Å². The zero-order chi connectivity index (χ0) is 11.5. The van der Waals surface area contributed by atoms with Gasteiger partial charge < -0.3 is 10.2 Å². The molecule has 1 amide bonds. The first-order valence-electron chi connectivity index (χ1n) is 5.47. The number of nitrogens with zero attached hydrogens (tertiary/aromatic N) is 1. The molecule has 5 heteroatoms. The average Bonchev–Trinajstić information content (AvgIpc) is 2.80. The summed E-state index contributed by atoms with van der Waals surface area (Å²) < 4.78 is 0.782. The van der Waals surface area contributed by atoms with E-state index in [1.54, 1.807) is 11.3 Å². The molecule has 2 rings (SSSR count). The third-order valence-corrected chi connectivity index (χ3v) is 3.94. The average molecular weight is 259 g/mol. The van der Waals surface area contributed by atoms with Crippen LogP contribution in [0.1, 0.15) is 18.2 Å². The molecule has 1 saturated heterocycles. The van der Waals surface area contributed by atoms with Crippen LogP contribution < -0.4 is 5.32 Å². The molecule has 0 spiro atoms. The Hall–Kier alpha value is -0.580. The molecule has 1 fully saturated rings. The molecule has 1 unspecified atom stereocenters. The normalized spacial score (nSPS) is 20.8.